The molecule has 0 aromatic rings. The Labute approximate surface area is 102 Å². The topological polar surface area (TPSA) is 98.2 Å². The van der Waals surface area contributed by atoms with E-state index in [0.29, 0.717) is 6.54 Å². The summed E-state index contributed by atoms with van der Waals surface area (Å²) in [5, 5.41) is 2.74. The molecule has 1 rings (SSSR count). The molecule has 0 aromatic carbocycles. The highest BCUT2D eigenvalue weighted by Crippen LogP contribution is 2.28. The van der Waals surface area contributed by atoms with Crippen LogP contribution in [0.3, 0.4) is 0 Å². The molecule has 5 heteroatoms. The highest BCUT2D eigenvalue weighted by atomic mass is 16.2. The largest absolute Gasteiger partial charge is 0.370 e. The van der Waals surface area contributed by atoms with Gasteiger partial charge in [0.2, 0.25) is 11.8 Å². The van der Waals surface area contributed by atoms with Crippen molar-refractivity contribution in [2.75, 3.05) is 6.54 Å². The molecule has 0 heterocycles. The van der Waals surface area contributed by atoms with Crippen LogP contribution in [0.2, 0.25) is 0 Å². The van der Waals surface area contributed by atoms with Crippen LogP contribution in [0.1, 0.15) is 44.9 Å². The average Bonchev–Trinajstić information content (AvgIpc) is 2.75. The lowest BCUT2D eigenvalue weighted by Crippen LogP contribution is -2.43. The first-order valence-corrected chi connectivity index (χ1v) is 6.41. The number of hydrogen-bond donors (Lipinski definition) is 3. The van der Waals surface area contributed by atoms with Crippen LogP contribution < -0.4 is 16.8 Å². The summed E-state index contributed by atoms with van der Waals surface area (Å²) in [6, 6.07) is -0.806. The van der Waals surface area contributed by atoms with Gasteiger partial charge in [0.1, 0.15) is 0 Å². The quantitative estimate of drug-likeness (QED) is 0.558. The van der Waals surface area contributed by atoms with E-state index in [4.69, 9.17) is 11.5 Å². The van der Waals surface area contributed by atoms with E-state index in [2.05, 4.69) is 5.32 Å². The summed E-state index contributed by atoms with van der Waals surface area (Å²) in [6.07, 6.45) is 7.42. The molecule has 1 aliphatic carbocycles. The summed E-state index contributed by atoms with van der Waals surface area (Å²) in [5.74, 6) is 0.0139. The van der Waals surface area contributed by atoms with Gasteiger partial charge in [-0.1, -0.05) is 25.7 Å². The molecule has 17 heavy (non-hydrogen) atoms. The van der Waals surface area contributed by atoms with Crippen LogP contribution in [0.4, 0.5) is 0 Å². The SMILES string of the molecule is NC(=O)CC(N)C(=O)NCCCC1CCCC1. The summed E-state index contributed by atoms with van der Waals surface area (Å²) >= 11 is 0. The minimum Gasteiger partial charge on any atom is -0.370 e. The van der Waals surface area contributed by atoms with Crippen molar-refractivity contribution in [3.05, 3.63) is 0 Å². The van der Waals surface area contributed by atoms with Crippen molar-refractivity contribution < 1.29 is 9.59 Å². The van der Waals surface area contributed by atoms with Crippen LogP contribution in [0.15, 0.2) is 0 Å². The fraction of sp³-hybridized carbons (Fsp3) is 0.833. The molecule has 1 fully saturated rings. The zero-order valence-electron chi connectivity index (χ0n) is 10.3. The van der Waals surface area contributed by atoms with Gasteiger partial charge in [0.25, 0.3) is 0 Å². The van der Waals surface area contributed by atoms with E-state index in [9.17, 15) is 9.59 Å². The maximum atomic E-state index is 11.4. The van der Waals surface area contributed by atoms with Crippen molar-refractivity contribution in [2.45, 2.75) is 51.0 Å². The fourth-order valence-corrected chi connectivity index (χ4v) is 2.34. The van der Waals surface area contributed by atoms with Crippen LogP contribution in [0.5, 0.6) is 0 Å². The Morgan fingerprint density at radius 2 is 1.94 bits per heavy atom. The number of nitrogens with two attached hydrogens (primary N) is 2. The molecule has 0 spiro atoms. The average molecular weight is 241 g/mol. The number of carbonyl (C=O) groups is 2. The minimum absolute atomic E-state index is 0.0888. The number of nitrogens with one attached hydrogen (secondary N) is 1. The third-order valence-corrected chi connectivity index (χ3v) is 3.32. The third kappa shape index (κ3) is 5.68. The summed E-state index contributed by atoms with van der Waals surface area (Å²) in [4.78, 5) is 22.0. The van der Waals surface area contributed by atoms with Gasteiger partial charge < -0.3 is 16.8 Å². The van der Waals surface area contributed by atoms with Gasteiger partial charge in [-0.15, -0.1) is 0 Å². The fourth-order valence-electron chi connectivity index (χ4n) is 2.34. The lowest BCUT2D eigenvalue weighted by molar-refractivity contribution is -0.126. The Kier molecular flexibility index (Phi) is 5.97. The number of rotatable bonds is 7. The van der Waals surface area contributed by atoms with Gasteiger partial charge in [0.15, 0.2) is 0 Å². The van der Waals surface area contributed by atoms with E-state index < -0.39 is 11.9 Å². The maximum absolute atomic E-state index is 11.4. The second-order valence-electron chi connectivity index (χ2n) is 4.86. The van der Waals surface area contributed by atoms with Gasteiger partial charge in [0.05, 0.1) is 12.5 Å². The molecule has 0 radical (unpaired) electrons. The van der Waals surface area contributed by atoms with Crippen LogP contribution in [0, 0.1) is 5.92 Å². The molecule has 2 amide bonds. The molecular weight excluding hydrogens is 218 g/mol. The summed E-state index contributed by atoms with van der Waals surface area (Å²) in [6.45, 7) is 0.641. The van der Waals surface area contributed by atoms with E-state index in [1.54, 1.807) is 0 Å². The zero-order chi connectivity index (χ0) is 12.7. The van der Waals surface area contributed by atoms with Crippen molar-refractivity contribution >= 4 is 11.8 Å². The van der Waals surface area contributed by atoms with E-state index in [-0.39, 0.29) is 12.3 Å². The highest BCUT2D eigenvalue weighted by Gasteiger charge is 2.16. The monoisotopic (exact) mass is 241 g/mol. The molecule has 5 nitrogen and oxygen atoms in total. The number of amides is 2. The molecule has 0 bridgehead atoms. The Hall–Kier alpha value is -1.10. The Morgan fingerprint density at radius 1 is 1.29 bits per heavy atom. The molecule has 1 saturated carbocycles. The number of primary amides is 1. The number of carbonyl (C=O) groups excluding carboxylic acids is 2. The molecule has 0 aliphatic heterocycles. The third-order valence-electron chi connectivity index (χ3n) is 3.32. The molecular formula is C12H23N3O2. The van der Waals surface area contributed by atoms with Gasteiger partial charge in [-0.25, -0.2) is 0 Å². The molecule has 5 N–H and O–H groups in total. The second kappa shape index (κ2) is 7.27. The predicted molar refractivity (Wildman–Crippen MR) is 66.0 cm³/mol. The maximum Gasteiger partial charge on any atom is 0.237 e. The van der Waals surface area contributed by atoms with E-state index >= 15 is 0 Å². The normalized spacial score (nSPS) is 17.9. The number of hydrogen-bond acceptors (Lipinski definition) is 3. The van der Waals surface area contributed by atoms with Crippen molar-refractivity contribution in [3.63, 3.8) is 0 Å². The van der Waals surface area contributed by atoms with E-state index in [0.717, 1.165) is 12.3 Å². The smallest absolute Gasteiger partial charge is 0.237 e. The first-order valence-electron chi connectivity index (χ1n) is 6.41. The molecule has 1 unspecified atom stereocenters. The van der Waals surface area contributed by atoms with Crippen LogP contribution in [-0.2, 0) is 9.59 Å². The molecule has 0 saturated heterocycles. The Balaban J connectivity index is 2.04. The molecule has 98 valence electrons. The minimum atomic E-state index is -0.806. The second-order valence-corrected chi connectivity index (χ2v) is 4.86. The molecule has 1 aliphatic rings. The first-order chi connectivity index (χ1) is 8.09. The van der Waals surface area contributed by atoms with Crippen LogP contribution in [-0.4, -0.2) is 24.4 Å². The van der Waals surface area contributed by atoms with Crippen LogP contribution in [0.25, 0.3) is 0 Å². The highest BCUT2D eigenvalue weighted by molar-refractivity contribution is 5.87. The predicted octanol–water partition coefficient (Wildman–Crippen LogP) is 0.276. The van der Waals surface area contributed by atoms with Crippen molar-refractivity contribution in [1.82, 2.24) is 5.32 Å². The van der Waals surface area contributed by atoms with Gasteiger partial charge in [-0.2, -0.15) is 0 Å². The summed E-state index contributed by atoms with van der Waals surface area (Å²) in [7, 11) is 0. The molecule has 0 aromatic heterocycles. The first kappa shape index (κ1) is 14.0. The molecule has 1 atom stereocenters. The van der Waals surface area contributed by atoms with Gasteiger partial charge in [-0.3, -0.25) is 9.59 Å². The van der Waals surface area contributed by atoms with Crippen molar-refractivity contribution in [2.24, 2.45) is 17.4 Å². The van der Waals surface area contributed by atoms with Crippen molar-refractivity contribution in [1.29, 1.82) is 0 Å². The standard InChI is InChI=1S/C12H23N3O2/c13-10(8-11(14)16)12(17)15-7-3-6-9-4-1-2-5-9/h9-10H,1-8,13H2,(H2,14,16)(H,15,17). The zero-order valence-corrected chi connectivity index (χ0v) is 10.3. The van der Waals surface area contributed by atoms with E-state index in [1.807, 2.05) is 0 Å². The summed E-state index contributed by atoms with van der Waals surface area (Å²) < 4.78 is 0. The van der Waals surface area contributed by atoms with Gasteiger partial charge in [-0.05, 0) is 18.8 Å². The Bertz CT molecular complexity index is 262. The Morgan fingerprint density at radius 3 is 2.53 bits per heavy atom. The van der Waals surface area contributed by atoms with Crippen molar-refractivity contribution in [3.8, 4) is 0 Å². The van der Waals surface area contributed by atoms with Crippen LogP contribution >= 0.6 is 0 Å². The van der Waals surface area contributed by atoms with Gasteiger partial charge >= 0.3 is 0 Å². The van der Waals surface area contributed by atoms with Gasteiger partial charge in [0, 0.05) is 6.54 Å². The summed E-state index contributed by atoms with van der Waals surface area (Å²) in [5.41, 5.74) is 10.5. The lowest BCUT2D eigenvalue weighted by atomic mass is 10.0. The van der Waals surface area contributed by atoms with E-state index in [1.165, 1.54) is 32.1 Å². The lowest BCUT2D eigenvalue weighted by Gasteiger charge is -2.12.